The van der Waals surface area contributed by atoms with Crippen LogP contribution in [0.2, 0.25) is 0 Å². The fourth-order valence-corrected chi connectivity index (χ4v) is 6.30. The molecule has 0 aliphatic carbocycles. The van der Waals surface area contributed by atoms with E-state index in [1.54, 1.807) is 0 Å². The van der Waals surface area contributed by atoms with Crippen molar-refractivity contribution in [2.45, 2.75) is 0 Å². The molecule has 4 heterocycles. The molecular weight excluding hydrogens is 476 g/mol. The summed E-state index contributed by atoms with van der Waals surface area (Å²) in [6.07, 6.45) is 2.12. The van der Waals surface area contributed by atoms with Crippen LogP contribution in [-0.4, -0.2) is 18.7 Å². The Labute approximate surface area is 223 Å². The molecule has 9 rings (SSSR count). The average molecular weight is 499 g/mol. The molecule has 4 heteroatoms. The molecule has 39 heavy (non-hydrogen) atoms. The van der Waals surface area contributed by atoms with Crippen LogP contribution < -0.4 is 0 Å². The van der Waals surface area contributed by atoms with Crippen LogP contribution in [0.25, 0.3) is 71.4 Å². The standard InChI is InChI=1S/C35H22N4/c1-2-12-25(13-3-1)38-31-16-8-6-14-27(31)29-21-34-30(20-33(29)38)28-15-7-9-17-32(28)39(34)35-19-26-18-23-10-4-5-11-24(23)22-37(26)36-35/h1-22H. The first-order valence-electron chi connectivity index (χ1n) is 13.2. The number of hydrogen-bond acceptors (Lipinski definition) is 1. The van der Waals surface area contributed by atoms with Crippen molar-refractivity contribution in [2.75, 3.05) is 0 Å². The van der Waals surface area contributed by atoms with E-state index in [0.717, 1.165) is 22.4 Å². The van der Waals surface area contributed by atoms with Gasteiger partial charge in [0.2, 0.25) is 0 Å². The Morgan fingerprint density at radius 1 is 0.436 bits per heavy atom. The molecule has 0 radical (unpaired) electrons. The van der Waals surface area contributed by atoms with Crippen LogP contribution in [0.4, 0.5) is 0 Å². The molecule has 0 bridgehead atoms. The van der Waals surface area contributed by atoms with Gasteiger partial charge in [-0.3, -0.25) is 4.57 Å². The highest BCUT2D eigenvalue weighted by molar-refractivity contribution is 6.19. The van der Waals surface area contributed by atoms with E-state index in [4.69, 9.17) is 5.10 Å². The lowest BCUT2D eigenvalue weighted by molar-refractivity contribution is 0.927. The zero-order valence-corrected chi connectivity index (χ0v) is 21.0. The highest BCUT2D eigenvalue weighted by Crippen LogP contribution is 2.39. The summed E-state index contributed by atoms with van der Waals surface area (Å²) in [6.45, 7) is 0. The van der Waals surface area contributed by atoms with Gasteiger partial charge in [-0.25, -0.2) is 4.52 Å². The van der Waals surface area contributed by atoms with Gasteiger partial charge in [0.1, 0.15) is 0 Å². The van der Waals surface area contributed by atoms with Gasteiger partial charge >= 0.3 is 0 Å². The number of para-hydroxylation sites is 3. The van der Waals surface area contributed by atoms with E-state index in [-0.39, 0.29) is 0 Å². The van der Waals surface area contributed by atoms with Gasteiger partial charge in [0.15, 0.2) is 5.82 Å². The van der Waals surface area contributed by atoms with Crippen LogP contribution in [0, 0.1) is 0 Å². The molecule has 0 atom stereocenters. The minimum atomic E-state index is 0.919. The normalized spacial score (nSPS) is 12.1. The first-order chi connectivity index (χ1) is 19.3. The van der Waals surface area contributed by atoms with Crippen molar-refractivity contribution in [3.63, 3.8) is 0 Å². The van der Waals surface area contributed by atoms with Gasteiger partial charge in [0.25, 0.3) is 0 Å². The summed E-state index contributed by atoms with van der Waals surface area (Å²) < 4.78 is 6.70. The Hall–Kier alpha value is -5.35. The molecule has 5 aromatic carbocycles. The number of hydrogen-bond donors (Lipinski definition) is 0. The van der Waals surface area contributed by atoms with E-state index in [1.165, 1.54) is 49.0 Å². The third-order valence-electron chi connectivity index (χ3n) is 8.02. The number of fused-ring (bicyclic) bond motifs is 8. The number of benzene rings is 5. The van der Waals surface area contributed by atoms with Gasteiger partial charge in [-0.1, -0.05) is 78.9 Å². The number of aromatic nitrogens is 4. The number of rotatable bonds is 2. The van der Waals surface area contributed by atoms with Gasteiger partial charge in [0, 0.05) is 44.9 Å². The molecule has 0 unspecified atom stereocenters. The molecule has 0 amide bonds. The summed E-state index contributed by atoms with van der Waals surface area (Å²) in [5, 5.41) is 12.4. The topological polar surface area (TPSA) is 27.2 Å². The van der Waals surface area contributed by atoms with Crippen molar-refractivity contribution in [2.24, 2.45) is 0 Å². The number of nitrogens with zero attached hydrogens (tertiary/aromatic N) is 4. The summed E-state index contributed by atoms with van der Waals surface area (Å²) >= 11 is 0. The second-order valence-corrected chi connectivity index (χ2v) is 10.2. The second-order valence-electron chi connectivity index (χ2n) is 10.2. The number of pyridine rings is 1. The third-order valence-corrected chi connectivity index (χ3v) is 8.02. The Morgan fingerprint density at radius 3 is 1.77 bits per heavy atom. The molecule has 0 aliphatic heterocycles. The van der Waals surface area contributed by atoms with Crippen molar-refractivity contribution in [3.8, 4) is 11.5 Å². The maximum atomic E-state index is 5.08. The lowest BCUT2D eigenvalue weighted by Crippen LogP contribution is -1.96. The molecule has 0 spiro atoms. The molecule has 4 aromatic heterocycles. The summed E-state index contributed by atoms with van der Waals surface area (Å²) in [6, 6.07) is 45.6. The van der Waals surface area contributed by atoms with Crippen LogP contribution in [0.5, 0.6) is 0 Å². The Kier molecular flexibility index (Phi) is 4.02. The monoisotopic (exact) mass is 498 g/mol. The van der Waals surface area contributed by atoms with Crippen molar-refractivity contribution >= 4 is 59.9 Å². The van der Waals surface area contributed by atoms with Crippen molar-refractivity contribution in [3.05, 3.63) is 134 Å². The maximum absolute atomic E-state index is 5.08. The van der Waals surface area contributed by atoms with E-state index < -0.39 is 0 Å². The largest absolute Gasteiger partial charge is 0.309 e. The van der Waals surface area contributed by atoms with Gasteiger partial charge in [-0.2, -0.15) is 0 Å². The predicted molar refractivity (Wildman–Crippen MR) is 161 cm³/mol. The summed E-state index contributed by atoms with van der Waals surface area (Å²) in [5.41, 5.74) is 6.98. The molecule has 4 nitrogen and oxygen atoms in total. The fourth-order valence-electron chi connectivity index (χ4n) is 6.30. The SMILES string of the molecule is c1ccc(-n2c3ccccc3c3cc4c(cc32)c2ccccc2n4-c2cc3cc4ccccc4cn3n2)cc1. The van der Waals surface area contributed by atoms with E-state index >= 15 is 0 Å². The van der Waals surface area contributed by atoms with Crippen LogP contribution in [0.3, 0.4) is 0 Å². The van der Waals surface area contributed by atoms with E-state index in [9.17, 15) is 0 Å². The van der Waals surface area contributed by atoms with Crippen molar-refractivity contribution in [1.82, 2.24) is 18.7 Å². The molecule has 182 valence electrons. The van der Waals surface area contributed by atoms with Crippen LogP contribution in [-0.2, 0) is 0 Å². The minimum absolute atomic E-state index is 0.919. The van der Waals surface area contributed by atoms with Crippen molar-refractivity contribution < 1.29 is 0 Å². The molecule has 0 fully saturated rings. The maximum Gasteiger partial charge on any atom is 0.160 e. The Bertz CT molecular complexity index is 2330. The molecule has 9 aromatic rings. The zero-order valence-electron chi connectivity index (χ0n) is 21.0. The Morgan fingerprint density at radius 2 is 1.03 bits per heavy atom. The lowest BCUT2D eigenvalue weighted by Gasteiger charge is -2.08. The van der Waals surface area contributed by atoms with Crippen LogP contribution in [0.1, 0.15) is 0 Å². The molecule has 0 N–H and O–H groups in total. The van der Waals surface area contributed by atoms with E-state index in [2.05, 4.69) is 143 Å². The summed E-state index contributed by atoms with van der Waals surface area (Å²) in [4.78, 5) is 0. The lowest BCUT2D eigenvalue weighted by atomic mass is 10.1. The zero-order chi connectivity index (χ0) is 25.5. The molecular formula is C35H22N4. The summed E-state index contributed by atoms with van der Waals surface area (Å²) in [5.74, 6) is 0.919. The predicted octanol–water partition coefficient (Wildman–Crippen LogP) is 8.68. The van der Waals surface area contributed by atoms with Gasteiger partial charge in [0.05, 0.1) is 27.6 Å². The highest BCUT2D eigenvalue weighted by atomic mass is 15.3. The molecule has 0 aliphatic rings. The van der Waals surface area contributed by atoms with Crippen molar-refractivity contribution in [1.29, 1.82) is 0 Å². The van der Waals surface area contributed by atoms with Gasteiger partial charge in [-0.15, -0.1) is 5.10 Å². The fraction of sp³-hybridized carbons (Fsp3) is 0. The van der Waals surface area contributed by atoms with Crippen LogP contribution in [0.15, 0.2) is 134 Å². The molecule has 0 saturated heterocycles. The third kappa shape index (κ3) is 2.85. The second kappa shape index (κ2) is 7.59. The van der Waals surface area contributed by atoms with E-state index in [1.807, 2.05) is 4.52 Å². The van der Waals surface area contributed by atoms with Crippen LogP contribution >= 0.6 is 0 Å². The minimum Gasteiger partial charge on any atom is -0.309 e. The first kappa shape index (κ1) is 20.7. The highest BCUT2D eigenvalue weighted by Gasteiger charge is 2.19. The first-order valence-corrected chi connectivity index (χ1v) is 13.2. The van der Waals surface area contributed by atoms with Gasteiger partial charge in [-0.05, 0) is 47.9 Å². The smallest absolute Gasteiger partial charge is 0.160 e. The summed E-state index contributed by atoms with van der Waals surface area (Å²) in [7, 11) is 0. The van der Waals surface area contributed by atoms with E-state index in [0.29, 0.717) is 0 Å². The average Bonchev–Trinajstić information content (AvgIpc) is 3.64. The molecule has 0 saturated carbocycles. The quantitative estimate of drug-likeness (QED) is 0.234. The van der Waals surface area contributed by atoms with Gasteiger partial charge < -0.3 is 4.57 Å². The Balaban J connectivity index is 1.41.